The van der Waals surface area contributed by atoms with Gasteiger partial charge in [-0.3, -0.25) is 25.8 Å². The summed E-state index contributed by atoms with van der Waals surface area (Å²) in [5.74, 6) is -0.781. The van der Waals surface area contributed by atoms with Crippen LogP contribution >= 0.6 is 12.2 Å². The molecular weight excluding hydrogens is 429 g/mol. The standard InChI is InChI=1S/C24H20FN3O3S/c25-19-13-10-17(11-14-19)12-15-22(29)26-24(32)28-27-23(30)16-31-21-9-5-4-8-20(21)18-6-2-1-3-7-18/h1-15H,16H2,(H,27,30)(H2,26,28,29,32)/b15-12+. The Kier molecular flexibility index (Phi) is 8.05. The number of benzene rings is 3. The largest absolute Gasteiger partial charge is 0.483 e. The molecule has 0 atom stereocenters. The maximum atomic E-state index is 12.9. The molecule has 3 aromatic rings. The van der Waals surface area contributed by atoms with Crippen LogP contribution < -0.4 is 20.9 Å². The fraction of sp³-hybridized carbons (Fsp3) is 0.0417. The van der Waals surface area contributed by atoms with Gasteiger partial charge in [0.05, 0.1) is 0 Å². The first kappa shape index (κ1) is 22.6. The second-order valence-corrected chi connectivity index (χ2v) is 6.94. The molecule has 0 spiro atoms. The number of hydrogen-bond acceptors (Lipinski definition) is 4. The third kappa shape index (κ3) is 7.03. The molecule has 0 saturated heterocycles. The lowest BCUT2D eigenvalue weighted by Gasteiger charge is -2.13. The Morgan fingerprint density at radius 3 is 2.34 bits per heavy atom. The second-order valence-electron chi connectivity index (χ2n) is 6.53. The molecule has 0 aliphatic heterocycles. The van der Waals surface area contributed by atoms with E-state index in [2.05, 4.69) is 16.2 Å². The van der Waals surface area contributed by atoms with Crippen molar-refractivity contribution in [1.29, 1.82) is 0 Å². The van der Waals surface area contributed by atoms with Crippen molar-refractivity contribution >= 4 is 35.2 Å². The molecule has 0 aromatic heterocycles. The summed E-state index contributed by atoms with van der Waals surface area (Å²) in [6.07, 6.45) is 2.75. The van der Waals surface area contributed by atoms with Crippen molar-refractivity contribution in [2.24, 2.45) is 0 Å². The lowest BCUT2D eigenvalue weighted by atomic mass is 10.1. The zero-order valence-electron chi connectivity index (χ0n) is 16.9. The lowest BCUT2D eigenvalue weighted by molar-refractivity contribution is -0.123. The molecule has 6 nitrogen and oxygen atoms in total. The summed E-state index contributed by atoms with van der Waals surface area (Å²) in [4.78, 5) is 24.0. The van der Waals surface area contributed by atoms with E-state index in [0.717, 1.165) is 11.1 Å². The predicted octanol–water partition coefficient (Wildman–Crippen LogP) is 3.61. The zero-order chi connectivity index (χ0) is 22.8. The number of hydrogen-bond donors (Lipinski definition) is 3. The lowest BCUT2D eigenvalue weighted by Crippen LogP contribution is -2.49. The van der Waals surface area contributed by atoms with Crippen LogP contribution in [0.25, 0.3) is 17.2 Å². The number of carbonyl (C=O) groups is 2. The summed E-state index contributed by atoms with van der Waals surface area (Å²) in [7, 11) is 0. The molecule has 3 N–H and O–H groups in total. The van der Waals surface area contributed by atoms with Crippen molar-refractivity contribution in [1.82, 2.24) is 16.2 Å². The van der Waals surface area contributed by atoms with Gasteiger partial charge in [-0.05, 0) is 47.6 Å². The van der Waals surface area contributed by atoms with E-state index < -0.39 is 11.8 Å². The molecule has 0 aliphatic carbocycles. The van der Waals surface area contributed by atoms with Gasteiger partial charge in [0.25, 0.3) is 5.91 Å². The van der Waals surface area contributed by atoms with Crippen LogP contribution in [0, 0.1) is 5.82 Å². The van der Waals surface area contributed by atoms with Gasteiger partial charge in [-0.1, -0.05) is 60.7 Å². The summed E-state index contributed by atoms with van der Waals surface area (Å²) >= 11 is 4.98. The topological polar surface area (TPSA) is 79.5 Å². The third-order valence-corrected chi connectivity index (χ3v) is 4.38. The Hall–Kier alpha value is -4.04. The first-order chi connectivity index (χ1) is 15.5. The van der Waals surface area contributed by atoms with Crippen molar-refractivity contribution in [3.05, 3.63) is 96.3 Å². The molecule has 3 aromatic carbocycles. The molecule has 2 amide bonds. The van der Waals surface area contributed by atoms with Gasteiger partial charge >= 0.3 is 0 Å². The summed E-state index contributed by atoms with van der Waals surface area (Å²) in [5.41, 5.74) is 7.29. The fourth-order valence-corrected chi connectivity index (χ4v) is 2.84. The smallest absolute Gasteiger partial charge is 0.276 e. The van der Waals surface area contributed by atoms with Crippen LogP contribution in [0.5, 0.6) is 5.75 Å². The van der Waals surface area contributed by atoms with Crippen LogP contribution in [0.3, 0.4) is 0 Å². The van der Waals surface area contributed by atoms with Crippen LogP contribution in [0.2, 0.25) is 0 Å². The molecule has 0 saturated carbocycles. The summed E-state index contributed by atoms with van der Waals surface area (Å²) in [6, 6.07) is 22.7. The van der Waals surface area contributed by atoms with Crippen LogP contribution in [0.4, 0.5) is 4.39 Å². The van der Waals surface area contributed by atoms with E-state index in [1.54, 1.807) is 6.07 Å². The van der Waals surface area contributed by atoms with Gasteiger partial charge in [-0.25, -0.2) is 4.39 Å². The molecule has 32 heavy (non-hydrogen) atoms. The Balaban J connectivity index is 1.44. The molecule has 0 bridgehead atoms. The number of para-hydroxylation sites is 1. The van der Waals surface area contributed by atoms with Crippen LogP contribution in [-0.4, -0.2) is 23.5 Å². The number of thiocarbonyl (C=S) groups is 1. The van der Waals surface area contributed by atoms with Gasteiger partial charge in [0.2, 0.25) is 5.91 Å². The van der Waals surface area contributed by atoms with E-state index in [-0.39, 0.29) is 17.5 Å². The molecular formula is C24H20FN3O3S. The summed E-state index contributed by atoms with van der Waals surface area (Å²) < 4.78 is 18.5. The average molecular weight is 450 g/mol. The molecule has 0 heterocycles. The Morgan fingerprint density at radius 1 is 0.906 bits per heavy atom. The van der Waals surface area contributed by atoms with Crippen molar-refractivity contribution in [2.75, 3.05) is 6.61 Å². The number of nitrogens with one attached hydrogen (secondary N) is 3. The van der Waals surface area contributed by atoms with Gasteiger partial charge in [0.15, 0.2) is 11.7 Å². The van der Waals surface area contributed by atoms with E-state index in [9.17, 15) is 14.0 Å². The summed E-state index contributed by atoms with van der Waals surface area (Å²) in [6.45, 7) is -0.252. The molecule has 0 unspecified atom stereocenters. The van der Waals surface area contributed by atoms with Crippen LogP contribution in [0.1, 0.15) is 5.56 Å². The van der Waals surface area contributed by atoms with E-state index in [1.165, 1.54) is 36.4 Å². The highest BCUT2D eigenvalue weighted by molar-refractivity contribution is 7.80. The highest BCUT2D eigenvalue weighted by Gasteiger charge is 2.09. The molecule has 0 aliphatic rings. The van der Waals surface area contributed by atoms with Crippen molar-refractivity contribution in [2.45, 2.75) is 0 Å². The number of ether oxygens (including phenoxy) is 1. The number of rotatable bonds is 6. The monoisotopic (exact) mass is 449 g/mol. The van der Waals surface area contributed by atoms with Crippen LogP contribution in [-0.2, 0) is 9.59 Å². The fourth-order valence-electron chi connectivity index (χ4n) is 2.69. The van der Waals surface area contributed by atoms with E-state index >= 15 is 0 Å². The molecule has 162 valence electrons. The van der Waals surface area contributed by atoms with Gasteiger partial charge in [-0.2, -0.15) is 0 Å². The number of halogens is 1. The quantitative estimate of drug-likeness (QED) is 0.304. The predicted molar refractivity (Wildman–Crippen MR) is 125 cm³/mol. The minimum absolute atomic E-state index is 0.0863. The Morgan fingerprint density at radius 2 is 1.59 bits per heavy atom. The maximum absolute atomic E-state index is 12.9. The minimum atomic E-state index is -0.505. The number of carbonyl (C=O) groups excluding carboxylic acids is 2. The first-order valence-electron chi connectivity index (χ1n) is 9.62. The Bertz CT molecular complexity index is 1120. The van der Waals surface area contributed by atoms with Gasteiger partial charge in [-0.15, -0.1) is 0 Å². The van der Waals surface area contributed by atoms with Crippen LogP contribution in [0.15, 0.2) is 84.9 Å². The average Bonchev–Trinajstić information content (AvgIpc) is 2.82. The third-order valence-electron chi connectivity index (χ3n) is 4.18. The number of amides is 2. The highest BCUT2D eigenvalue weighted by Crippen LogP contribution is 2.29. The van der Waals surface area contributed by atoms with E-state index in [0.29, 0.717) is 11.3 Å². The minimum Gasteiger partial charge on any atom is -0.483 e. The maximum Gasteiger partial charge on any atom is 0.276 e. The second kappa shape index (κ2) is 11.4. The SMILES string of the molecule is O=C(/C=C/c1ccc(F)cc1)NC(=S)NNC(=O)COc1ccccc1-c1ccccc1. The highest BCUT2D eigenvalue weighted by atomic mass is 32.1. The van der Waals surface area contributed by atoms with E-state index in [4.69, 9.17) is 17.0 Å². The van der Waals surface area contributed by atoms with Crippen molar-refractivity contribution in [3.63, 3.8) is 0 Å². The molecule has 3 rings (SSSR count). The Labute approximate surface area is 190 Å². The van der Waals surface area contributed by atoms with Gasteiger partial charge in [0.1, 0.15) is 11.6 Å². The normalized spacial score (nSPS) is 10.4. The summed E-state index contributed by atoms with van der Waals surface area (Å²) in [5, 5.41) is 2.30. The van der Waals surface area contributed by atoms with Crippen molar-refractivity contribution < 1.29 is 18.7 Å². The molecule has 0 fully saturated rings. The van der Waals surface area contributed by atoms with Gasteiger partial charge in [0, 0.05) is 11.6 Å². The molecule has 8 heteroatoms. The van der Waals surface area contributed by atoms with E-state index in [1.807, 2.05) is 48.5 Å². The zero-order valence-corrected chi connectivity index (χ0v) is 17.7. The first-order valence-corrected chi connectivity index (χ1v) is 10.0. The van der Waals surface area contributed by atoms with Crippen molar-refractivity contribution in [3.8, 4) is 16.9 Å². The van der Waals surface area contributed by atoms with Gasteiger partial charge < -0.3 is 4.74 Å². The number of hydrazine groups is 1. The molecule has 0 radical (unpaired) electrons.